The van der Waals surface area contributed by atoms with E-state index in [-0.39, 0.29) is 18.2 Å². The van der Waals surface area contributed by atoms with Gasteiger partial charge in [-0.1, -0.05) is 12.1 Å². The predicted molar refractivity (Wildman–Crippen MR) is 107 cm³/mol. The number of thiol groups is 1. The number of hydrogen-bond donors (Lipinski definition) is 1. The topological polar surface area (TPSA) is 57.2 Å². The lowest BCUT2D eigenvalue weighted by Gasteiger charge is -2.38. The van der Waals surface area contributed by atoms with Crippen molar-refractivity contribution in [2.45, 2.75) is 29.8 Å². The molecule has 0 aromatic heterocycles. The zero-order valence-electron chi connectivity index (χ0n) is 16.1. The van der Waals surface area contributed by atoms with Crippen LogP contribution in [0.25, 0.3) is 0 Å². The van der Waals surface area contributed by atoms with E-state index in [0.717, 1.165) is 27.3 Å². The number of fused-ring (bicyclic) bond motifs is 2. The van der Waals surface area contributed by atoms with Gasteiger partial charge in [0.25, 0.3) is 0 Å². The number of ether oxygens (including phenoxy) is 4. The van der Waals surface area contributed by atoms with E-state index in [1.807, 2.05) is 35.2 Å². The molecule has 2 atom stereocenters. The van der Waals surface area contributed by atoms with Crippen LogP contribution in [0.4, 0.5) is 4.79 Å². The molecule has 4 rings (SSSR count). The van der Waals surface area contributed by atoms with Gasteiger partial charge in [-0.3, -0.25) is 4.90 Å². The van der Waals surface area contributed by atoms with Gasteiger partial charge in [-0.25, -0.2) is 4.79 Å². The van der Waals surface area contributed by atoms with Crippen molar-refractivity contribution in [3.63, 3.8) is 0 Å². The van der Waals surface area contributed by atoms with Crippen molar-refractivity contribution in [1.82, 2.24) is 4.90 Å². The predicted octanol–water partition coefficient (Wildman–Crippen LogP) is 3.66. The van der Waals surface area contributed by atoms with Crippen LogP contribution in [0.2, 0.25) is 0 Å². The zero-order chi connectivity index (χ0) is 19.8. The highest BCUT2D eigenvalue weighted by Crippen LogP contribution is 2.47. The molecule has 1 amide bonds. The van der Waals surface area contributed by atoms with Gasteiger partial charge in [-0.15, -0.1) is 12.6 Å². The minimum Gasteiger partial charge on any atom is -0.497 e. The average Bonchev–Trinajstić information content (AvgIpc) is 3.10. The molecule has 0 aliphatic carbocycles. The standard InChI is InChI=1S/C21H23NO5S/c1-24-14-6-4-12(5-7-14)8-16-19-15(9-13-11-27-21(23)22(13)16)20(28)18(26-3)10-17(19)25-2/h4-7,10,13,16,28H,8-9,11H2,1-3H3/t13-,16-/m1/s1. The third kappa shape index (κ3) is 3.03. The number of cyclic esters (lactones) is 1. The summed E-state index contributed by atoms with van der Waals surface area (Å²) < 4.78 is 21.8. The van der Waals surface area contributed by atoms with E-state index in [9.17, 15) is 4.79 Å². The van der Waals surface area contributed by atoms with Crippen LogP contribution in [-0.4, -0.2) is 45.0 Å². The maximum absolute atomic E-state index is 12.5. The molecule has 1 fully saturated rings. The van der Waals surface area contributed by atoms with Crippen LogP contribution in [0.1, 0.15) is 22.7 Å². The molecule has 0 unspecified atom stereocenters. The van der Waals surface area contributed by atoms with Gasteiger partial charge >= 0.3 is 6.09 Å². The first kappa shape index (κ1) is 18.8. The molecule has 0 N–H and O–H groups in total. The summed E-state index contributed by atoms with van der Waals surface area (Å²) in [7, 11) is 4.89. The lowest BCUT2D eigenvalue weighted by atomic mass is 9.85. The summed E-state index contributed by atoms with van der Waals surface area (Å²) in [5.74, 6) is 2.16. The summed E-state index contributed by atoms with van der Waals surface area (Å²) in [5.41, 5.74) is 3.12. The van der Waals surface area contributed by atoms with E-state index in [4.69, 9.17) is 31.6 Å². The van der Waals surface area contributed by atoms with Crippen molar-refractivity contribution in [3.05, 3.63) is 47.0 Å². The number of carbonyl (C=O) groups excluding carboxylic acids is 1. The second kappa shape index (κ2) is 7.47. The molecule has 1 saturated heterocycles. The molecule has 0 spiro atoms. The summed E-state index contributed by atoms with van der Waals surface area (Å²) in [6, 6.07) is 9.49. The van der Waals surface area contributed by atoms with Crippen LogP contribution in [0, 0.1) is 0 Å². The molecule has 6 nitrogen and oxygen atoms in total. The molecule has 2 aromatic rings. The molecule has 2 aliphatic rings. The van der Waals surface area contributed by atoms with Gasteiger partial charge in [-0.2, -0.15) is 0 Å². The molecule has 0 bridgehead atoms. The van der Waals surface area contributed by atoms with Crippen LogP contribution in [-0.2, 0) is 17.6 Å². The highest BCUT2D eigenvalue weighted by Gasteiger charge is 2.45. The van der Waals surface area contributed by atoms with Crippen LogP contribution < -0.4 is 14.2 Å². The summed E-state index contributed by atoms with van der Waals surface area (Å²) in [6.45, 7) is 0.379. The number of methoxy groups -OCH3 is 3. The van der Waals surface area contributed by atoms with Gasteiger partial charge in [0.1, 0.15) is 23.9 Å². The minimum absolute atomic E-state index is 0.0223. The summed E-state index contributed by atoms with van der Waals surface area (Å²) >= 11 is 4.72. The van der Waals surface area contributed by atoms with Crippen LogP contribution in [0.3, 0.4) is 0 Å². The van der Waals surface area contributed by atoms with Crippen molar-refractivity contribution in [2.24, 2.45) is 0 Å². The molecule has 2 aromatic carbocycles. The van der Waals surface area contributed by atoms with E-state index in [2.05, 4.69) is 0 Å². The van der Waals surface area contributed by atoms with E-state index < -0.39 is 0 Å². The summed E-state index contributed by atoms with van der Waals surface area (Å²) in [5, 5.41) is 0. The van der Waals surface area contributed by atoms with E-state index >= 15 is 0 Å². The molecule has 148 valence electrons. The minimum atomic E-state index is -0.284. The smallest absolute Gasteiger partial charge is 0.410 e. The van der Waals surface area contributed by atoms with Crippen molar-refractivity contribution in [2.75, 3.05) is 27.9 Å². The molecule has 0 saturated carbocycles. The number of amides is 1. The van der Waals surface area contributed by atoms with Gasteiger partial charge in [-0.05, 0) is 36.1 Å². The number of rotatable bonds is 5. The fraction of sp³-hybridized carbons (Fsp3) is 0.381. The average molecular weight is 401 g/mol. The lowest BCUT2D eigenvalue weighted by Crippen LogP contribution is -2.43. The summed E-state index contributed by atoms with van der Waals surface area (Å²) in [6.07, 6.45) is 1.01. The largest absolute Gasteiger partial charge is 0.497 e. The fourth-order valence-corrected chi connectivity index (χ4v) is 4.52. The molecule has 28 heavy (non-hydrogen) atoms. The first-order valence-electron chi connectivity index (χ1n) is 9.12. The molecular formula is C21H23NO5S. The SMILES string of the molecule is COc1ccc(C[C@@H]2c3c(OC)cc(OC)c(S)c3C[C@@H]3COC(=O)N32)cc1. The third-order valence-electron chi connectivity index (χ3n) is 5.51. The Labute approximate surface area is 169 Å². The van der Waals surface area contributed by atoms with Gasteiger partial charge in [0, 0.05) is 11.6 Å². The Morgan fingerprint density at radius 2 is 1.82 bits per heavy atom. The Kier molecular flexibility index (Phi) is 5.02. The highest BCUT2D eigenvalue weighted by molar-refractivity contribution is 7.80. The number of benzene rings is 2. The molecule has 2 heterocycles. The van der Waals surface area contributed by atoms with Crippen molar-refractivity contribution < 1.29 is 23.7 Å². The maximum Gasteiger partial charge on any atom is 0.410 e. The van der Waals surface area contributed by atoms with Gasteiger partial charge in [0.15, 0.2) is 0 Å². The molecule has 2 aliphatic heterocycles. The molecule has 0 radical (unpaired) electrons. The van der Waals surface area contributed by atoms with Crippen molar-refractivity contribution >= 4 is 18.7 Å². The van der Waals surface area contributed by atoms with E-state index in [1.54, 1.807) is 21.3 Å². The zero-order valence-corrected chi connectivity index (χ0v) is 17.0. The molecular weight excluding hydrogens is 378 g/mol. The number of carbonyl (C=O) groups is 1. The second-order valence-corrected chi connectivity index (χ2v) is 7.38. The van der Waals surface area contributed by atoms with E-state index in [0.29, 0.717) is 30.9 Å². The van der Waals surface area contributed by atoms with Crippen LogP contribution >= 0.6 is 12.6 Å². The lowest BCUT2D eigenvalue weighted by molar-refractivity contribution is 0.139. The Balaban J connectivity index is 1.82. The first-order valence-corrected chi connectivity index (χ1v) is 9.56. The van der Waals surface area contributed by atoms with E-state index in [1.165, 1.54) is 0 Å². The Bertz CT molecular complexity index is 899. The number of hydrogen-bond acceptors (Lipinski definition) is 6. The van der Waals surface area contributed by atoms with Crippen molar-refractivity contribution in [1.29, 1.82) is 0 Å². The molecule has 7 heteroatoms. The monoisotopic (exact) mass is 401 g/mol. The Hall–Kier alpha value is -2.54. The number of nitrogens with zero attached hydrogens (tertiary/aromatic N) is 1. The quantitative estimate of drug-likeness (QED) is 0.775. The third-order valence-corrected chi connectivity index (χ3v) is 6.00. The fourth-order valence-electron chi connectivity index (χ4n) is 4.16. The van der Waals surface area contributed by atoms with Crippen molar-refractivity contribution in [3.8, 4) is 17.2 Å². The summed E-state index contributed by atoms with van der Waals surface area (Å²) in [4.78, 5) is 15.2. The van der Waals surface area contributed by atoms with Gasteiger partial charge < -0.3 is 18.9 Å². The normalized spacial score (nSPS) is 20.3. The maximum atomic E-state index is 12.5. The van der Waals surface area contributed by atoms with Crippen LogP contribution in [0.5, 0.6) is 17.2 Å². The highest BCUT2D eigenvalue weighted by atomic mass is 32.1. The van der Waals surface area contributed by atoms with Gasteiger partial charge in [0.2, 0.25) is 0 Å². The van der Waals surface area contributed by atoms with Crippen LogP contribution in [0.15, 0.2) is 35.2 Å². The second-order valence-electron chi connectivity index (χ2n) is 6.93. The Morgan fingerprint density at radius 1 is 1.11 bits per heavy atom. The van der Waals surface area contributed by atoms with Gasteiger partial charge in [0.05, 0.1) is 38.3 Å². The Morgan fingerprint density at radius 3 is 2.46 bits per heavy atom. The first-order chi connectivity index (χ1) is 13.6.